The molecule has 1 aliphatic heterocycles. The largest absolute Gasteiger partial charge is 0.497 e. The summed E-state index contributed by atoms with van der Waals surface area (Å²) in [6.45, 7) is 5.56. The molecule has 1 heterocycles. The zero-order valence-corrected chi connectivity index (χ0v) is 24.5. The Morgan fingerprint density at radius 1 is 0.718 bits per heavy atom. The molecule has 0 N–H and O–H groups in total. The zero-order valence-electron chi connectivity index (χ0n) is 22.9. The fourth-order valence-corrected chi connectivity index (χ4v) is 7.67. The van der Waals surface area contributed by atoms with Gasteiger partial charge in [0.15, 0.2) is 0 Å². The molecule has 1 aliphatic rings. The summed E-state index contributed by atoms with van der Waals surface area (Å²) in [5, 5.41) is 0. The topological polar surface area (TPSA) is 84.0 Å². The van der Waals surface area contributed by atoms with Crippen molar-refractivity contribution in [3.63, 3.8) is 0 Å². The van der Waals surface area contributed by atoms with Gasteiger partial charge in [0.2, 0.25) is 20.0 Å². The van der Waals surface area contributed by atoms with Gasteiger partial charge >= 0.3 is 0 Å². The van der Waals surface area contributed by atoms with E-state index >= 15 is 0 Å². The lowest BCUT2D eigenvalue weighted by atomic mass is 10.0. The van der Waals surface area contributed by atoms with Gasteiger partial charge in [0.25, 0.3) is 0 Å². The smallest absolute Gasteiger partial charge is 0.243 e. The summed E-state index contributed by atoms with van der Waals surface area (Å²) in [6.07, 6.45) is 3.72. The number of hydrogen-bond donors (Lipinski definition) is 0. The fraction of sp³-hybridized carbons (Fsp3) is 0.400. The van der Waals surface area contributed by atoms with Crippen molar-refractivity contribution in [2.75, 3.05) is 20.2 Å². The van der Waals surface area contributed by atoms with Crippen LogP contribution >= 0.6 is 0 Å². The van der Waals surface area contributed by atoms with E-state index in [0.29, 0.717) is 24.8 Å². The van der Waals surface area contributed by atoms with Crippen LogP contribution in [0.3, 0.4) is 0 Å². The molecule has 3 aromatic rings. The van der Waals surface area contributed by atoms with Gasteiger partial charge < -0.3 is 4.74 Å². The molecule has 7 nitrogen and oxygen atoms in total. The van der Waals surface area contributed by atoms with Gasteiger partial charge in [0.1, 0.15) is 5.75 Å². The third-order valence-electron chi connectivity index (χ3n) is 7.19. The zero-order chi connectivity index (χ0) is 28.0. The van der Waals surface area contributed by atoms with Crippen LogP contribution in [0.5, 0.6) is 5.75 Å². The fourth-order valence-electron chi connectivity index (χ4n) is 4.74. The molecule has 0 aromatic heterocycles. The summed E-state index contributed by atoms with van der Waals surface area (Å²) in [7, 11) is -6.02. The van der Waals surface area contributed by atoms with Crippen LogP contribution in [0.25, 0.3) is 0 Å². The molecular weight excluding hydrogens is 532 g/mol. The van der Waals surface area contributed by atoms with E-state index < -0.39 is 20.0 Å². The molecule has 0 bridgehead atoms. The van der Waals surface area contributed by atoms with Gasteiger partial charge in [-0.3, -0.25) is 0 Å². The first-order valence-corrected chi connectivity index (χ1v) is 16.3. The molecule has 0 amide bonds. The maximum atomic E-state index is 13.9. The Morgan fingerprint density at radius 2 is 1.21 bits per heavy atom. The molecule has 0 saturated carbocycles. The van der Waals surface area contributed by atoms with Crippen molar-refractivity contribution in [2.24, 2.45) is 0 Å². The Hall–Kier alpha value is -2.72. The second kappa shape index (κ2) is 12.6. The summed E-state index contributed by atoms with van der Waals surface area (Å²) < 4.78 is 62.4. The molecule has 1 saturated heterocycles. The monoisotopic (exact) mass is 570 g/mol. The minimum Gasteiger partial charge on any atom is -0.497 e. The molecule has 0 spiro atoms. The molecule has 0 aliphatic carbocycles. The molecule has 0 radical (unpaired) electrons. The van der Waals surface area contributed by atoms with E-state index in [2.05, 4.69) is 13.8 Å². The summed E-state index contributed by atoms with van der Waals surface area (Å²) in [4.78, 5) is 0.180. The highest BCUT2D eigenvalue weighted by atomic mass is 32.2. The number of sulfonamides is 2. The van der Waals surface area contributed by atoms with E-state index in [0.717, 1.165) is 36.8 Å². The molecule has 0 unspecified atom stereocenters. The average Bonchev–Trinajstić information content (AvgIpc) is 3.24. The van der Waals surface area contributed by atoms with Crippen LogP contribution in [-0.4, -0.2) is 45.6 Å². The van der Waals surface area contributed by atoms with Crippen LogP contribution in [-0.2, 0) is 33.1 Å². The summed E-state index contributed by atoms with van der Waals surface area (Å²) >= 11 is 0. The number of nitrogens with zero attached hydrogens (tertiary/aromatic N) is 2. The Balaban J connectivity index is 1.62. The van der Waals surface area contributed by atoms with E-state index in [1.807, 2.05) is 36.4 Å². The van der Waals surface area contributed by atoms with Crippen molar-refractivity contribution >= 4 is 20.0 Å². The normalized spacial score (nSPS) is 15.4. The number of benzene rings is 3. The van der Waals surface area contributed by atoms with Crippen molar-refractivity contribution in [1.82, 2.24) is 8.61 Å². The average molecular weight is 571 g/mol. The van der Waals surface area contributed by atoms with Crippen LogP contribution in [0.2, 0.25) is 0 Å². The molecule has 39 heavy (non-hydrogen) atoms. The van der Waals surface area contributed by atoms with Crippen molar-refractivity contribution < 1.29 is 21.6 Å². The van der Waals surface area contributed by atoms with Gasteiger partial charge in [0, 0.05) is 26.2 Å². The lowest BCUT2D eigenvalue weighted by molar-refractivity contribution is 0.399. The quantitative estimate of drug-likeness (QED) is 0.309. The van der Waals surface area contributed by atoms with Crippen molar-refractivity contribution in [3.05, 3.63) is 89.5 Å². The van der Waals surface area contributed by atoms with Crippen LogP contribution in [0.1, 0.15) is 62.1 Å². The van der Waals surface area contributed by atoms with Gasteiger partial charge in [-0.1, -0.05) is 63.1 Å². The SMILES string of the molecule is COc1ccc(CN(Cc2ccc(C(C)C)cc2)S(=O)(=O)c2ccc(S(=O)(=O)N3CCCCCC3)cc2)cc1. The number of ether oxygens (including phenoxy) is 1. The van der Waals surface area contributed by atoms with Gasteiger partial charge in [-0.05, 0) is 71.8 Å². The number of rotatable bonds is 10. The highest BCUT2D eigenvalue weighted by Crippen LogP contribution is 2.26. The van der Waals surface area contributed by atoms with Crippen LogP contribution in [0.4, 0.5) is 0 Å². The lowest BCUT2D eigenvalue weighted by Gasteiger charge is -2.24. The van der Waals surface area contributed by atoms with Gasteiger partial charge in [0.05, 0.1) is 16.9 Å². The highest BCUT2D eigenvalue weighted by molar-refractivity contribution is 7.89. The van der Waals surface area contributed by atoms with Gasteiger partial charge in [-0.2, -0.15) is 8.61 Å². The van der Waals surface area contributed by atoms with Crippen molar-refractivity contribution in [2.45, 2.75) is 68.3 Å². The van der Waals surface area contributed by atoms with Crippen molar-refractivity contribution in [3.8, 4) is 5.75 Å². The number of hydrogen-bond acceptors (Lipinski definition) is 5. The van der Waals surface area contributed by atoms with Gasteiger partial charge in [-0.25, -0.2) is 16.8 Å². The molecule has 0 atom stereocenters. The predicted octanol–water partition coefficient (Wildman–Crippen LogP) is 5.77. The van der Waals surface area contributed by atoms with Crippen LogP contribution in [0.15, 0.2) is 82.6 Å². The maximum Gasteiger partial charge on any atom is 0.243 e. The second-order valence-electron chi connectivity index (χ2n) is 10.3. The summed E-state index contributed by atoms with van der Waals surface area (Å²) in [5.41, 5.74) is 2.87. The Kier molecular flexibility index (Phi) is 9.48. The highest BCUT2D eigenvalue weighted by Gasteiger charge is 2.28. The van der Waals surface area contributed by atoms with Crippen molar-refractivity contribution in [1.29, 1.82) is 0 Å². The minimum atomic E-state index is -3.94. The summed E-state index contributed by atoms with van der Waals surface area (Å²) in [6, 6.07) is 20.9. The van der Waals surface area contributed by atoms with E-state index in [4.69, 9.17) is 4.74 Å². The Morgan fingerprint density at radius 3 is 1.69 bits per heavy atom. The van der Waals surface area contributed by atoms with E-state index in [1.54, 1.807) is 19.2 Å². The third kappa shape index (κ3) is 7.08. The molecule has 210 valence electrons. The van der Waals surface area contributed by atoms with E-state index in [-0.39, 0.29) is 22.9 Å². The Bertz CT molecular complexity index is 1430. The second-order valence-corrected chi connectivity index (χ2v) is 14.2. The first kappa shape index (κ1) is 29.3. The first-order chi connectivity index (χ1) is 18.6. The molecular formula is C30H38N2O5S2. The number of methoxy groups -OCH3 is 1. The van der Waals surface area contributed by atoms with Crippen LogP contribution in [0, 0.1) is 0 Å². The molecule has 4 rings (SSSR count). The molecule has 9 heteroatoms. The van der Waals surface area contributed by atoms with Crippen LogP contribution < -0.4 is 4.74 Å². The standard InChI is InChI=1S/C30H38N2O5S2/c1-24(2)27-12-8-25(9-13-27)22-32(23-26-10-14-28(37-3)15-11-26)39(35,36)30-18-16-29(17-19-30)38(33,34)31-20-6-4-5-7-21-31/h8-19,24H,4-7,20-23H2,1-3H3. The third-order valence-corrected chi connectivity index (χ3v) is 10.9. The minimum absolute atomic E-state index is 0.0598. The van der Waals surface area contributed by atoms with E-state index in [1.165, 1.54) is 38.4 Å². The van der Waals surface area contributed by atoms with Gasteiger partial charge in [-0.15, -0.1) is 0 Å². The maximum absolute atomic E-state index is 13.9. The first-order valence-electron chi connectivity index (χ1n) is 13.4. The molecule has 3 aromatic carbocycles. The lowest BCUT2D eigenvalue weighted by Crippen LogP contribution is -2.32. The summed E-state index contributed by atoms with van der Waals surface area (Å²) in [5.74, 6) is 1.07. The van der Waals surface area contributed by atoms with E-state index in [9.17, 15) is 16.8 Å². The molecule has 1 fully saturated rings. The Labute approximate surface area is 233 Å². The predicted molar refractivity (Wildman–Crippen MR) is 154 cm³/mol.